The van der Waals surface area contributed by atoms with E-state index in [1.165, 1.54) is 36.6 Å². The molecule has 0 radical (unpaired) electrons. The molecule has 0 bridgehead atoms. The normalized spacial score (nSPS) is 17.0. The molecule has 1 unspecified atom stereocenters. The van der Waals surface area contributed by atoms with Crippen molar-refractivity contribution in [2.45, 2.75) is 52.0 Å². The minimum absolute atomic E-state index is 0.297. The number of aryl methyl sites for hydroxylation is 1. The van der Waals surface area contributed by atoms with E-state index in [2.05, 4.69) is 49.5 Å². The van der Waals surface area contributed by atoms with E-state index in [4.69, 9.17) is 4.42 Å². The smallest absolute Gasteiger partial charge is 0.137 e. The second kappa shape index (κ2) is 6.48. The molecule has 0 spiro atoms. The molecule has 1 aromatic heterocycles. The van der Waals surface area contributed by atoms with Crippen LogP contribution in [0, 0.1) is 6.92 Å². The van der Waals surface area contributed by atoms with Gasteiger partial charge in [-0.2, -0.15) is 0 Å². The molecule has 21 heavy (non-hydrogen) atoms. The number of fused-ring (bicyclic) bond motifs is 1. The summed E-state index contributed by atoms with van der Waals surface area (Å²) in [7, 11) is 0. The van der Waals surface area contributed by atoms with Crippen molar-refractivity contribution in [2.75, 3.05) is 6.54 Å². The zero-order chi connectivity index (χ0) is 14.7. The van der Waals surface area contributed by atoms with Crippen molar-refractivity contribution in [3.8, 4) is 0 Å². The molecule has 1 N–H and O–H groups in total. The number of hydrogen-bond acceptors (Lipinski definition) is 2. The molecule has 1 heterocycles. The Kier molecular flexibility index (Phi) is 4.45. The van der Waals surface area contributed by atoms with Crippen LogP contribution in [0.4, 0.5) is 0 Å². The molecular weight excluding hydrogens is 258 g/mol. The van der Waals surface area contributed by atoms with Crippen LogP contribution in [0.2, 0.25) is 0 Å². The third-order valence-corrected chi connectivity index (χ3v) is 4.41. The molecule has 1 aromatic carbocycles. The molecule has 2 heteroatoms. The summed E-state index contributed by atoms with van der Waals surface area (Å²) in [6.45, 7) is 5.24. The monoisotopic (exact) mass is 283 g/mol. The summed E-state index contributed by atoms with van der Waals surface area (Å²) >= 11 is 0. The average Bonchev–Trinajstić information content (AvgIpc) is 2.93. The first kappa shape index (κ1) is 14.4. The molecule has 0 aliphatic heterocycles. The van der Waals surface area contributed by atoms with Gasteiger partial charge in [-0.1, -0.05) is 36.8 Å². The van der Waals surface area contributed by atoms with Crippen molar-refractivity contribution >= 4 is 11.0 Å². The molecule has 1 aliphatic rings. The first-order chi connectivity index (χ1) is 10.3. The van der Waals surface area contributed by atoms with Gasteiger partial charge in [0, 0.05) is 5.39 Å². The standard InChI is InChI=1S/C19H25NO/c1-3-20-17(12-15-9-5-4-6-10-15)18-13-16-11-7-8-14(2)19(16)21-18/h7-9,11,13,17,20H,3-6,10,12H2,1-2H3. The Morgan fingerprint density at radius 2 is 2.19 bits per heavy atom. The van der Waals surface area contributed by atoms with Crippen LogP contribution in [-0.2, 0) is 0 Å². The highest BCUT2D eigenvalue weighted by atomic mass is 16.3. The molecule has 1 atom stereocenters. The quantitative estimate of drug-likeness (QED) is 0.755. The summed E-state index contributed by atoms with van der Waals surface area (Å²) < 4.78 is 6.17. The van der Waals surface area contributed by atoms with E-state index in [9.17, 15) is 0 Å². The lowest BCUT2D eigenvalue weighted by atomic mass is 9.93. The lowest BCUT2D eigenvalue weighted by Gasteiger charge is -2.19. The molecule has 112 valence electrons. The fraction of sp³-hybridized carbons (Fsp3) is 0.474. The predicted octanol–water partition coefficient (Wildman–Crippen LogP) is 5.28. The van der Waals surface area contributed by atoms with E-state index in [1.54, 1.807) is 5.57 Å². The highest BCUT2D eigenvalue weighted by Crippen LogP contribution is 2.31. The lowest BCUT2D eigenvalue weighted by molar-refractivity contribution is 0.427. The number of rotatable bonds is 5. The first-order valence-corrected chi connectivity index (χ1v) is 8.18. The van der Waals surface area contributed by atoms with Crippen LogP contribution in [0.25, 0.3) is 11.0 Å². The summed E-state index contributed by atoms with van der Waals surface area (Å²) in [5.41, 5.74) is 3.84. The summed E-state index contributed by atoms with van der Waals surface area (Å²) in [4.78, 5) is 0. The summed E-state index contributed by atoms with van der Waals surface area (Å²) in [5, 5.41) is 4.81. The minimum atomic E-state index is 0.297. The Hall–Kier alpha value is -1.54. The maximum atomic E-state index is 6.17. The maximum absolute atomic E-state index is 6.17. The van der Waals surface area contributed by atoms with Gasteiger partial charge >= 0.3 is 0 Å². The summed E-state index contributed by atoms with van der Waals surface area (Å²) in [6, 6.07) is 8.85. The second-order valence-corrected chi connectivity index (χ2v) is 6.06. The second-order valence-electron chi connectivity index (χ2n) is 6.06. The Morgan fingerprint density at radius 3 is 2.90 bits per heavy atom. The van der Waals surface area contributed by atoms with E-state index < -0.39 is 0 Å². The number of nitrogens with one attached hydrogen (secondary N) is 1. The Morgan fingerprint density at radius 1 is 1.29 bits per heavy atom. The summed E-state index contributed by atoms with van der Waals surface area (Å²) in [6.07, 6.45) is 8.69. The SMILES string of the molecule is CCNC(CC1=CCCCC1)c1cc2cccc(C)c2o1. The van der Waals surface area contributed by atoms with Gasteiger partial charge < -0.3 is 9.73 Å². The van der Waals surface area contributed by atoms with Crippen molar-refractivity contribution < 1.29 is 4.42 Å². The number of allylic oxidation sites excluding steroid dienone is 1. The largest absolute Gasteiger partial charge is 0.459 e. The van der Waals surface area contributed by atoms with Crippen molar-refractivity contribution in [3.05, 3.63) is 47.2 Å². The fourth-order valence-corrected chi connectivity index (χ4v) is 3.27. The van der Waals surface area contributed by atoms with Gasteiger partial charge in [-0.25, -0.2) is 0 Å². The zero-order valence-electron chi connectivity index (χ0n) is 13.1. The van der Waals surface area contributed by atoms with Crippen LogP contribution in [0.15, 0.2) is 40.3 Å². The number of benzene rings is 1. The molecular formula is C19H25NO. The van der Waals surface area contributed by atoms with Gasteiger partial charge in [-0.3, -0.25) is 0 Å². The Balaban J connectivity index is 1.87. The lowest BCUT2D eigenvalue weighted by Crippen LogP contribution is -2.21. The van der Waals surface area contributed by atoms with Gasteiger partial charge in [0.05, 0.1) is 6.04 Å². The zero-order valence-corrected chi connectivity index (χ0v) is 13.1. The van der Waals surface area contributed by atoms with Crippen molar-refractivity contribution in [2.24, 2.45) is 0 Å². The highest BCUT2D eigenvalue weighted by Gasteiger charge is 2.18. The van der Waals surface area contributed by atoms with Crippen molar-refractivity contribution in [3.63, 3.8) is 0 Å². The molecule has 3 rings (SSSR count). The van der Waals surface area contributed by atoms with Gasteiger partial charge in [0.25, 0.3) is 0 Å². The Bertz CT molecular complexity index is 638. The number of hydrogen-bond donors (Lipinski definition) is 1. The molecule has 0 fully saturated rings. The van der Waals surface area contributed by atoms with Gasteiger partial charge in [-0.15, -0.1) is 0 Å². The van der Waals surface area contributed by atoms with Crippen LogP contribution < -0.4 is 5.32 Å². The van der Waals surface area contributed by atoms with E-state index >= 15 is 0 Å². The maximum Gasteiger partial charge on any atom is 0.137 e. The molecule has 0 saturated carbocycles. The first-order valence-electron chi connectivity index (χ1n) is 8.18. The van der Waals surface area contributed by atoms with Crippen molar-refractivity contribution in [1.82, 2.24) is 5.32 Å². The Labute approximate surface area is 127 Å². The topological polar surface area (TPSA) is 25.2 Å². The molecule has 0 saturated heterocycles. The van der Waals surface area contributed by atoms with Gasteiger partial charge in [0.2, 0.25) is 0 Å². The molecule has 0 amide bonds. The number of para-hydroxylation sites is 1. The van der Waals surface area contributed by atoms with Crippen LogP contribution >= 0.6 is 0 Å². The predicted molar refractivity (Wildman–Crippen MR) is 88.5 cm³/mol. The molecule has 2 nitrogen and oxygen atoms in total. The van der Waals surface area contributed by atoms with Gasteiger partial charge in [0.1, 0.15) is 11.3 Å². The third-order valence-electron chi connectivity index (χ3n) is 4.41. The van der Waals surface area contributed by atoms with E-state index in [-0.39, 0.29) is 0 Å². The van der Waals surface area contributed by atoms with Crippen molar-refractivity contribution in [1.29, 1.82) is 0 Å². The number of furan rings is 1. The van der Waals surface area contributed by atoms with E-state index in [1.807, 2.05) is 0 Å². The van der Waals surface area contributed by atoms with Gasteiger partial charge in [-0.05, 0) is 57.2 Å². The van der Waals surface area contributed by atoms with Gasteiger partial charge in [0.15, 0.2) is 0 Å². The summed E-state index contributed by atoms with van der Waals surface area (Å²) in [5.74, 6) is 1.08. The van der Waals surface area contributed by atoms with Crippen LogP contribution in [0.5, 0.6) is 0 Å². The van der Waals surface area contributed by atoms with Crippen LogP contribution in [0.3, 0.4) is 0 Å². The fourth-order valence-electron chi connectivity index (χ4n) is 3.27. The van der Waals surface area contributed by atoms with E-state index in [0.29, 0.717) is 6.04 Å². The van der Waals surface area contributed by atoms with Crippen LogP contribution in [0.1, 0.15) is 56.4 Å². The van der Waals surface area contributed by atoms with Crippen LogP contribution in [-0.4, -0.2) is 6.54 Å². The minimum Gasteiger partial charge on any atom is -0.459 e. The average molecular weight is 283 g/mol. The third kappa shape index (κ3) is 3.21. The highest BCUT2D eigenvalue weighted by molar-refractivity contribution is 5.81. The van der Waals surface area contributed by atoms with E-state index in [0.717, 1.165) is 24.3 Å². The molecule has 1 aliphatic carbocycles. The molecule has 2 aromatic rings.